The lowest BCUT2D eigenvalue weighted by Gasteiger charge is -2.32. The van der Waals surface area contributed by atoms with Gasteiger partial charge >= 0.3 is 0 Å². The van der Waals surface area contributed by atoms with E-state index in [-0.39, 0.29) is 22.4 Å². The maximum atomic E-state index is 11.9. The molecule has 100 valence electrons. The Hall–Kier alpha value is -1.33. The van der Waals surface area contributed by atoms with E-state index < -0.39 is 0 Å². The second-order valence-corrected chi connectivity index (χ2v) is 5.38. The molecular formula is C12H19ClN4O. The number of aromatic nitrogens is 1. The summed E-state index contributed by atoms with van der Waals surface area (Å²) in [5.41, 5.74) is 5.84. The van der Waals surface area contributed by atoms with E-state index >= 15 is 0 Å². The van der Waals surface area contributed by atoms with Crippen LogP contribution in [0.25, 0.3) is 0 Å². The van der Waals surface area contributed by atoms with Gasteiger partial charge in [-0.2, -0.15) is 0 Å². The minimum atomic E-state index is -0.207. The minimum Gasteiger partial charge on any atom is -0.384 e. The van der Waals surface area contributed by atoms with E-state index in [1.54, 1.807) is 0 Å². The summed E-state index contributed by atoms with van der Waals surface area (Å²) in [6.45, 7) is 4.61. The van der Waals surface area contributed by atoms with Gasteiger partial charge in [0.15, 0.2) is 0 Å². The van der Waals surface area contributed by atoms with Gasteiger partial charge in [0.25, 0.3) is 5.91 Å². The van der Waals surface area contributed by atoms with Gasteiger partial charge in [0.05, 0.1) is 0 Å². The fraction of sp³-hybridized carbons (Fsp3) is 0.500. The highest BCUT2D eigenvalue weighted by molar-refractivity contribution is 6.29. The lowest BCUT2D eigenvalue weighted by atomic mass is 10.0. The molecule has 0 aliphatic rings. The van der Waals surface area contributed by atoms with Crippen LogP contribution in [-0.2, 0) is 0 Å². The average Bonchev–Trinajstić information content (AvgIpc) is 2.24. The second kappa shape index (κ2) is 5.54. The Morgan fingerprint density at radius 1 is 1.50 bits per heavy atom. The predicted octanol–water partition coefficient (Wildman–Crippen LogP) is 1.39. The van der Waals surface area contributed by atoms with E-state index in [1.807, 2.05) is 32.8 Å². The van der Waals surface area contributed by atoms with Gasteiger partial charge in [0.2, 0.25) is 0 Å². The Morgan fingerprint density at radius 3 is 2.61 bits per heavy atom. The summed E-state index contributed by atoms with van der Waals surface area (Å²) in [6, 6.07) is 3.00. The van der Waals surface area contributed by atoms with Crippen LogP contribution in [0.15, 0.2) is 12.1 Å². The molecule has 1 aromatic rings. The van der Waals surface area contributed by atoms with Gasteiger partial charge in [-0.1, -0.05) is 11.6 Å². The van der Waals surface area contributed by atoms with Crippen molar-refractivity contribution in [2.75, 3.05) is 26.4 Å². The van der Waals surface area contributed by atoms with Crippen LogP contribution < -0.4 is 11.1 Å². The third-order valence-electron chi connectivity index (χ3n) is 2.97. The zero-order valence-corrected chi connectivity index (χ0v) is 11.9. The van der Waals surface area contributed by atoms with Gasteiger partial charge in [-0.15, -0.1) is 0 Å². The van der Waals surface area contributed by atoms with Gasteiger partial charge in [-0.25, -0.2) is 4.98 Å². The van der Waals surface area contributed by atoms with E-state index in [9.17, 15) is 4.79 Å². The summed E-state index contributed by atoms with van der Waals surface area (Å²) in [4.78, 5) is 17.8. The third kappa shape index (κ3) is 3.85. The zero-order valence-electron chi connectivity index (χ0n) is 11.1. The van der Waals surface area contributed by atoms with Crippen molar-refractivity contribution < 1.29 is 4.79 Å². The topological polar surface area (TPSA) is 71.2 Å². The molecule has 0 spiro atoms. The van der Waals surface area contributed by atoms with Gasteiger partial charge in [-0.05, 0) is 40.1 Å². The maximum absolute atomic E-state index is 11.9. The highest BCUT2D eigenvalue weighted by Crippen LogP contribution is 2.13. The van der Waals surface area contributed by atoms with Crippen LogP contribution in [0.2, 0.25) is 5.15 Å². The summed E-state index contributed by atoms with van der Waals surface area (Å²) < 4.78 is 0. The number of amides is 1. The number of pyridine rings is 1. The summed E-state index contributed by atoms with van der Waals surface area (Å²) >= 11 is 5.76. The molecule has 1 amide bonds. The van der Waals surface area contributed by atoms with Crippen LogP contribution in [0.3, 0.4) is 0 Å². The molecule has 0 radical (unpaired) electrons. The second-order valence-electron chi connectivity index (χ2n) is 4.99. The molecule has 0 aliphatic carbocycles. The number of nitrogens with two attached hydrogens (primary N) is 1. The van der Waals surface area contributed by atoms with Crippen molar-refractivity contribution in [2.45, 2.75) is 19.4 Å². The maximum Gasteiger partial charge on any atom is 0.251 e. The number of carbonyl (C=O) groups excluding carboxylic acids is 1. The number of likely N-dealkylation sites (N-methyl/N-ethyl adjacent to an activating group) is 1. The predicted molar refractivity (Wildman–Crippen MR) is 73.8 cm³/mol. The molecule has 0 saturated heterocycles. The molecule has 5 nitrogen and oxygen atoms in total. The van der Waals surface area contributed by atoms with Gasteiger partial charge in [0.1, 0.15) is 11.0 Å². The molecule has 6 heteroatoms. The lowest BCUT2D eigenvalue weighted by Crippen LogP contribution is -2.48. The van der Waals surface area contributed by atoms with E-state index in [1.165, 1.54) is 12.1 Å². The van der Waals surface area contributed by atoms with Crippen molar-refractivity contribution in [3.63, 3.8) is 0 Å². The van der Waals surface area contributed by atoms with Crippen LogP contribution >= 0.6 is 11.6 Å². The monoisotopic (exact) mass is 270 g/mol. The van der Waals surface area contributed by atoms with Crippen molar-refractivity contribution in [1.29, 1.82) is 0 Å². The zero-order chi connectivity index (χ0) is 13.9. The first-order valence-corrected chi connectivity index (χ1v) is 5.99. The third-order valence-corrected chi connectivity index (χ3v) is 3.16. The van der Waals surface area contributed by atoms with E-state index in [0.717, 1.165) is 0 Å². The highest BCUT2D eigenvalue weighted by atomic mass is 35.5. The lowest BCUT2D eigenvalue weighted by molar-refractivity contribution is 0.0919. The molecule has 3 N–H and O–H groups in total. The summed E-state index contributed by atoms with van der Waals surface area (Å²) in [5, 5.41) is 3.07. The normalized spacial score (nSPS) is 11.7. The first kappa shape index (κ1) is 14.7. The Labute approximate surface area is 112 Å². The van der Waals surface area contributed by atoms with Crippen molar-refractivity contribution in [1.82, 2.24) is 15.2 Å². The molecule has 0 aliphatic heterocycles. The summed E-state index contributed by atoms with van der Waals surface area (Å²) in [7, 11) is 3.93. The molecule has 0 aromatic carbocycles. The van der Waals surface area contributed by atoms with Crippen LogP contribution in [-0.4, -0.2) is 42.0 Å². The molecule has 1 aromatic heterocycles. The van der Waals surface area contributed by atoms with Gasteiger partial charge < -0.3 is 16.0 Å². The SMILES string of the molecule is CN(C)C(C)(C)CNC(=O)c1cc(N)nc(Cl)c1. The number of rotatable bonds is 4. The Balaban J connectivity index is 2.72. The largest absolute Gasteiger partial charge is 0.384 e. The molecular weight excluding hydrogens is 252 g/mol. The number of halogens is 1. The Morgan fingerprint density at radius 2 is 2.11 bits per heavy atom. The molecule has 0 bridgehead atoms. The summed E-state index contributed by atoms with van der Waals surface area (Å²) in [5.74, 6) is 0.0282. The molecule has 0 fully saturated rings. The molecule has 0 saturated carbocycles. The Bertz CT molecular complexity index is 425. The van der Waals surface area contributed by atoms with Crippen molar-refractivity contribution >= 4 is 23.3 Å². The van der Waals surface area contributed by atoms with Crippen molar-refractivity contribution in [2.24, 2.45) is 0 Å². The fourth-order valence-electron chi connectivity index (χ4n) is 1.21. The Kier molecular flexibility index (Phi) is 4.53. The van der Waals surface area contributed by atoms with Crippen LogP contribution in [0.5, 0.6) is 0 Å². The number of nitrogens with zero attached hydrogens (tertiary/aromatic N) is 2. The van der Waals surface area contributed by atoms with Crippen molar-refractivity contribution in [3.05, 3.63) is 22.8 Å². The van der Waals surface area contributed by atoms with Crippen LogP contribution in [0.1, 0.15) is 24.2 Å². The summed E-state index contributed by atoms with van der Waals surface area (Å²) in [6.07, 6.45) is 0. The molecule has 1 rings (SSSR count). The van der Waals surface area contributed by atoms with E-state index in [2.05, 4.69) is 10.3 Å². The number of hydrogen-bond donors (Lipinski definition) is 2. The smallest absolute Gasteiger partial charge is 0.251 e. The van der Waals surface area contributed by atoms with E-state index in [0.29, 0.717) is 12.1 Å². The van der Waals surface area contributed by atoms with Gasteiger partial charge in [-0.3, -0.25) is 4.79 Å². The molecule has 0 atom stereocenters. The van der Waals surface area contributed by atoms with Crippen LogP contribution in [0.4, 0.5) is 5.82 Å². The average molecular weight is 271 g/mol. The number of nitrogens with one attached hydrogen (secondary N) is 1. The molecule has 0 unspecified atom stereocenters. The molecule has 1 heterocycles. The molecule has 18 heavy (non-hydrogen) atoms. The quantitative estimate of drug-likeness (QED) is 0.811. The van der Waals surface area contributed by atoms with E-state index in [4.69, 9.17) is 17.3 Å². The number of carbonyl (C=O) groups is 1. The number of anilines is 1. The highest BCUT2D eigenvalue weighted by Gasteiger charge is 2.21. The van der Waals surface area contributed by atoms with Crippen LogP contribution in [0, 0.1) is 0 Å². The fourth-order valence-corrected chi connectivity index (χ4v) is 1.42. The van der Waals surface area contributed by atoms with Gasteiger partial charge in [0, 0.05) is 17.6 Å². The number of nitrogen functional groups attached to an aromatic ring is 1. The number of hydrogen-bond acceptors (Lipinski definition) is 4. The van der Waals surface area contributed by atoms with Crippen molar-refractivity contribution in [3.8, 4) is 0 Å². The first-order chi connectivity index (χ1) is 8.22. The standard InChI is InChI=1S/C12H19ClN4O/c1-12(2,17(3)4)7-15-11(18)8-5-9(13)16-10(14)6-8/h5-6H,7H2,1-4H3,(H2,14,16)(H,15,18). The minimum absolute atomic E-state index is 0.127. The first-order valence-electron chi connectivity index (χ1n) is 5.61.